The lowest BCUT2D eigenvalue weighted by Gasteiger charge is -2.20. The van der Waals surface area contributed by atoms with E-state index in [1.807, 2.05) is 30.3 Å². The highest BCUT2D eigenvalue weighted by molar-refractivity contribution is 6.32. The number of benzene rings is 2. The first kappa shape index (κ1) is 20.3. The van der Waals surface area contributed by atoms with Gasteiger partial charge in [0.2, 0.25) is 5.91 Å². The number of nitro groups is 1. The van der Waals surface area contributed by atoms with Crippen LogP contribution in [-0.2, 0) is 9.59 Å². The first-order valence-electron chi connectivity index (χ1n) is 8.05. The molecule has 0 fully saturated rings. The number of halogens is 1. The number of carbonyl (C=O) groups is 2. The summed E-state index contributed by atoms with van der Waals surface area (Å²) in [5, 5.41) is 25.6. The molecule has 3 N–H and O–H groups in total. The number of nitrogens with zero attached hydrogens (tertiary/aromatic N) is 1. The highest BCUT2D eigenvalue weighted by atomic mass is 35.5. The van der Waals surface area contributed by atoms with Crippen LogP contribution in [0.15, 0.2) is 48.5 Å². The Morgan fingerprint density at radius 1 is 1.22 bits per heavy atom. The second-order valence-electron chi connectivity index (χ2n) is 5.87. The quantitative estimate of drug-likeness (QED) is 0.468. The topological polar surface area (TPSA) is 122 Å². The molecule has 2 rings (SSSR count). The highest BCUT2D eigenvalue weighted by Crippen LogP contribution is 2.27. The third kappa shape index (κ3) is 5.77. The molecule has 2 aromatic carbocycles. The molecule has 142 valence electrons. The fraction of sp³-hybridized carbons (Fsp3) is 0.222. The first-order chi connectivity index (χ1) is 12.8. The SMILES string of the molecule is CC(NC(CC(=O)Nc1ccc(Cl)c([N+](=O)[O-])c1)C(=O)O)c1ccccc1. The van der Waals surface area contributed by atoms with Gasteiger partial charge in [-0.15, -0.1) is 0 Å². The van der Waals surface area contributed by atoms with Crippen molar-refractivity contribution in [1.82, 2.24) is 5.32 Å². The van der Waals surface area contributed by atoms with Crippen LogP contribution in [0.4, 0.5) is 11.4 Å². The van der Waals surface area contributed by atoms with Crippen LogP contribution in [-0.4, -0.2) is 27.9 Å². The molecule has 0 aliphatic heterocycles. The first-order valence-corrected chi connectivity index (χ1v) is 8.43. The summed E-state index contributed by atoms with van der Waals surface area (Å²) in [6.45, 7) is 1.80. The van der Waals surface area contributed by atoms with E-state index in [0.717, 1.165) is 11.6 Å². The Balaban J connectivity index is 2.04. The van der Waals surface area contributed by atoms with Crippen LogP contribution in [0.3, 0.4) is 0 Å². The molecule has 0 saturated carbocycles. The van der Waals surface area contributed by atoms with Crippen LogP contribution in [0.1, 0.15) is 24.9 Å². The number of aliphatic carboxylic acids is 1. The fourth-order valence-electron chi connectivity index (χ4n) is 2.48. The molecule has 0 aliphatic carbocycles. The van der Waals surface area contributed by atoms with E-state index < -0.39 is 22.8 Å². The van der Waals surface area contributed by atoms with E-state index >= 15 is 0 Å². The van der Waals surface area contributed by atoms with Crippen molar-refractivity contribution in [3.63, 3.8) is 0 Å². The van der Waals surface area contributed by atoms with Gasteiger partial charge in [0.25, 0.3) is 5.69 Å². The molecule has 0 heterocycles. The molecule has 0 spiro atoms. The number of rotatable bonds is 8. The van der Waals surface area contributed by atoms with Crippen molar-refractivity contribution in [2.75, 3.05) is 5.32 Å². The van der Waals surface area contributed by atoms with Crippen LogP contribution in [0.2, 0.25) is 5.02 Å². The van der Waals surface area contributed by atoms with Crippen molar-refractivity contribution >= 4 is 34.9 Å². The van der Waals surface area contributed by atoms with Crippen molar-refractivity contribution in [2.45, 2.75) is 25.4 Å². The van der Waals surface area contributed by atoms with Gasteiger partial charge >= 0.3 is 5.97 Å². The number of hydrogen-bond acceptors (Lipinski definition) is 5. The highest BCUT2D eigenvalue weighted by Gasteiger charge is 2.24. The van der Waals surface area contributed by atoms with E-state index in [1.165, 1.54) is 12.1 Å². The number of anilines is 1. The molecule has 0 aliphatic rings. The summed E-state index contributed by atoms with van der Waals surface area (Å²) in [6, 6.07) is 11.6. The van der Waals surface area contributed by atoms with E-state index in [2.05, 4.69) is 10.6 Å². The summed E-state index contributed by atoms with van der Waals surface area (Å²) in [4.78, 5) is 33.9. The largest absolute Gasteiger partial charge is 0.480 e. The van der Waals surface area contributed by atoms with E-state index in [1.54, 1.807) is 6.92 Å². The second kappa shape index (κ2) is 9.11. The number of nitrogens with one attached hydrogen (secondary N) is 2. The van der Waals surface area contributed by atoms with Crippen LogP contribution < -0.4 is 10.6 Å². The Morgan fingerprint density at radius 2 is 1.89 bits per heavy atom. The van der Waals surface area contributed by atoms with Crippen molar-refractivity contribution in [3.05, 3.63) is 69.2 Å². The van der Waals surface area contributed by atoms with Crippen molar-refractivity contribution in [1.29, 1.82) is 0 Å². The van der Waals surface area contributed by atoms with Gasteiger partial charge in [-0.05, 0) is 24.6 Å². The van der Waals surface area contributed by atoms with Gasteiger partial charge in [-0.2, -0.15) is 0 Å². The molecule has 2 atom stereocenters. The molecule has 0 saturated heterocycles. The van der Waals surface area contributed by atoms with Crippen molar-refractivity contribution in [2.24, 2.45) is 0 Å². The third-order valence-corrected chi connectivity index (χ3v) is 4.18. The fourth-order valence-corrected chi connectivity index (χ4v) is 2.67. The zero-order valence-electron chi connectivity index (χ0n) is 14.4. The van der Waals surface area contributed by atoms with Gasteiger partial charge in [0.15, 0.2) is 0 Å². The number of carboxylic acid groups (broad SMARTS) is 1. The normalized spacial score (nSPS) is 12.8. The van der Waals surface area contributed by atoms with E-state index in [9.17, 15) is 24.8 Å². The molecular formula is C18H18ClN3O5. The van der Waals surface area contributed by atoms with Gasteiger partial charge in [-0.25, -0.2) is 0 Å². The molecule has 27 heavy (non-hydrogen) atoms. The number of carbonyl (C=O) groups excluding carboxylic acids is 1. The van der Waals surface area contributed by atoms with E-state index in [4.69, 9.17) is 11.6 Å². The molecule has 2 aromatic rings. The smallest absolute Gasteiger partial charge is 0.321 e. The molecule has 9 heteroatoms. The Labute approximate surface area is 160 Å². The van der Waals surface area contributed by atoms with Gasteiger partial charge in [-0.1, -0.05) is 41.9 Å². The summed E-state index contributed by atoms with van der Waals surface area (Å²) in [5.74, 6) is -1.76. The van der Waals surface area contributed by atoms with Crippen molar-refractivity contribution in [3.8, 4) is 0 Å². The van der Waals surface area contributed by atoms with Gasteiger partial charge in [-0.3, -0.25) is 25.0 Å². The number of nitro benzene ring substituents is 1. The Kier molecular flexibility index (Phi) is 6.86. The summed E-state index contributed by atoms with van der Waals surface area (Å²) in [6.07, 6.45) is -0.344. The lowest BCUT2D eigenvalue weighted by atomic mass is 10.1. The number of carboxylic acids is 1. The predicted molar refractivity (Wildman–Crippen MR) is 101 cm³/mol. The minimum Gasteiger partial charge on any atom is -0.480 e. The standard InChI is InChI=1S/C18H18ClN3O5/c1-11(12-5-3-2-4-6-12)20-15(18(24)25)10-17(23)21-13-7-8-14(19)16(9-13)22(26)27/h2-9,11,15,20H,10H2,1H3,(H,21,23)(H,24,25). The Bertz CT molecular complexity index is 844. The lowest BCUT2D eigenvalue weighted by Crippen LogP contribution is -2.41. The maximum Gasteiger partial charge on any atom is 0.321 e. The number of hydrogen-bond donors (Lipinski definition) is 3. The molecular weight excluding hydrogens is 374 g/mol. The maximum atomic E-state index is 12.2. The predicted octanol–water partition coefficient (Wildman–Crippen LogP) is 3.38. The monoisotopic (exact) mass is 391 g/mol. The molecule has 0 radical (unpaired) electrons. The lowest BCUT2D eigenvalue weighted by molar-refractivity contribution is -0.384. The van der Waals surface area contributed by atoms with Crippen LogP contribution in [0, 0.1) is 10.1 Å². The summed E-state index contributed by atoms with van der Waals surface area (Å²) < 4.78 is 0. The molecule has 1 amide bonds. The van der Waals surface area contributed by atoms with Crippen LogP contribution >= 0.6 is 11.6 Å². The van der Waals surface area contributed by atoms with Gasteiger partial charge in [0, 0.05) is 17.8 Å². The number of amides is 1. The average molecular weight is 392 g/mol. The van der Waals surface area contributed by atoms with E-state index in [0.29, 0.717) is 0 Å². The Hall–Kier alpha value is -2.97. The summed E-state index contributed by atoms with van der Waals surface area (Å²) in [7, 11) is 0. The van der Waals surface area contributed by atoms with Crippen LogP contribution in [0.5, 0.6) is 0 Å². The third-order valence-electron chi connectivity index (χ3n) is 3.86. The molecule has 0 bridgehead atoms. The molecule has 0 aromatic heterocycles. The minimum atomic E-state index is -1.17. The summed E-state index contributed by atoms with van der Waals surface area (Å²) >= 11 is 5.73. The van der Waals surface area contributed by atoms with Crippen LogP contribution in [0.25, 0.3) is 0 Å². The van der Waals surface area contributed by atoms with Gasteiger partial charge in [0.1, 0.15) is 11.1 Å². The maximum absolute atomic E-state index is 12.2. The second-order valence-corrected chi connectivity index (χ2v) is 6.27. The molecule has 2 unspecified atom stereocenters. The van der Waals surface area contributed by atoms with E-state index in [-0.39, 0.29) is 28.9 Å². The Morgan fingerprint density at radius 3 is 2.48 bits per heavy atom. The zero-order valence-corrected chi connectivity index (χ0v) is 15.1. The van der Waals surface area contributed by atoms with Crippen molar-refractivity contribution < 1.29 is 19.6 Å². The molecule has 8 nitrogen and oxygen atoms in total. The minimum absolute atomic E-state index is 0.0558. The average Bonchev–Trinajstić information content (AvgIpc) is 2.63. The zero-order chi connectivity index (χ0) is 20.0. The van der Waals surface area contributed by atoms with Gasteiger partial charge < -0.3 is 10.4 Å². The summed E-state index contributed by atoms with van der Waals surface area (Å²) in [5.41, 5.74) is 0.703. The van der Waals surface area contributed by atoms with Gasteiger partial charge in [0.05, 0.1) is 11.3 Å².